The summed E-state index contributed by atoms with van der Waals surface area (Å²) in [6.45, 7) is 6.22. The Hall–Kier alpha value is -3.32. The molecule has 0 bridgehead atoms. The van der Waals surface area contributed by atoms with Crippen molar-refractivity contribution in [1.29, 1.82) is 0 Å². The fourth-order valence-electron chi connectivity index (χ4n) is 3.24. The number of amides is 1. The maximum absolute atomic E-state index is 13.1. The molecule has 0 saturated carbocycles. The van der Waals surface area contributed by atoms with Crippen molar-refractivity contribution >= 4 is 29.1 Å². The molecule has 0 radical (unpaired) electrons. The molecular weight excluding hydrogens is 424 g/mol. The van der Waals surface area contributed by atoms with Gasteiger partial charge in [-0.15, -0.1) is 0 Å². The molecule has 1 amide bonds. The van der Waals surface area contributed by atoms with Crippen LogP contribution in [0.3, 0.4) is 0 Å². The largest absolute Gasteiger partial charge is 0.495 e. The molecule has 32 heavy (non-hydrogen) atoms. The van der Waals surface area contributed by atoms with E-state index in [2.05, 4.69) is 10.3 Å². The maximum Gasteiger partial charge on any atom is 0.258 e. The van der Waals surface area contributed by atoms with Gasteiger partial charge in [0.1, 0.15) is 16.5 Å². The summed E-state index contributed by atoms with van der Waals surface area (Å²) in [7, 11) is 1.55. The fraction of sp³-hybridized carbons (Fsp3) is 0.240. The average molecular weight is 451 g/mol. The predicted octanol–water partition coefficient (Wildman–Crippen LogP) is 5.33. The number of ketones is 1. The second-order valence-electron chi connectivity index (χ2n) is 7.08. The first-order valence-corrected chi connectivity index (χ1v) is 11.2. The standard InChI is InChI=1S/C25H26N2O4S/c1-5-31-19-12-10-18(11-13-19)21(28)15-32-25-23(16(2)14-17(3)26-25)24(29)27-20-8-6-7-9-22(20)30-4/h6-14H,5,15H2,1-4H3,(H,27,29). The van der Waals surface area contributed by atoms with Crippen molar-refractivity contribution in [2.75, 3.05) is 24.8 Å². The van der Waals surface area contributed by atoms with Crippen molar-refractivity contribution < 1.29 is 19.1 Å². The molecule has 1 N–H and O–H groups in total. The average Bonchev–Trinajstić information content (AvgIpc) is 2.78. The highest BCUT2D eigenvalue weighted by Crippen LogP contribution is 2.29. The number of methoxy groups -OCH3 is 1. The Kier molecular flexibility index (Phi) is 7.89. The summed E-state index contributed by atoms with van der Waals surface area (Å²) in [5, 5.41) is 3.42. The lowest BCUT2D eigenvalue weighted by molar-refractivity contribution is 0.101. The highest BCUT2D eigenvalue weighted by molar-refractivity contribution is 8.00. The molecular formula is C25H26N2O4S. The third-order valence-corrected chi connectivity index (χ3v) is 5.70. The molecule has 3 rings (SSSR count). The first kappa shape index (κ1) is 23.3. The van der Waals surface area contributed by atoms with Gasteiger partial charge in [-0.1, -0.05) is 23.9 Å². The van der Waals surface area contributed by atoms with Crippen LogP contribution in [0, 0.1) is 13.8 Å². The number of carbonyl (C=O) groups is 2. The van der Waals surface area contributed by atoms with E-state index in [1.54, 1.807) is 43.5 Å². The van der Waals surface area contributed by atoms with Gasteiger partial charge in [-0.3, -0.25) is 9.59 Å². The number of nitrogens with one attached hydrogen (secondary N) is 1. The Morgan fingerprint density at radius 3 is 2.47 bits per heavy atom. The summed E-state index contributed by atoms with van der Waals surface area (Å²) in [5.41, 5.74) is 3.19. The van der Waals surface area contributed by atoms with Crippen molar-refractivity contribution in [3.8, 4) is 11.5 Å². The summed E-state index contributed by atoms with van der Waals surface area (Å²) in [4.78, 5) is 30.4. The summed E-state index contributed by atoms with van der Waals surface area (Å²) in [6, 6.07) is 16.1. The topological polar surface area (TPSA) is 77.5 Å². The molecule has 1 heterocycles. The fourth-order valence-corrected chi connectivity index (χ4v) is 4.28. The number of aryl methyl sites for hydroxylation is 2. The van der Waals surface area contributed by atoms with Crippen LogP contribution in [0.15, 0.2) is 59.6 Å². The van der Waals surface area contributed by atoms with Crippen molar-refractivity contribution in [2.45, 2.75) is 25.8 Å². The van der Waals surface area contributed by atoms with Crippen LogP contribution in [0.25, 0.3) is 0 Å². The van der Waals surface area contributed by atoms with Gasteiger partial charge in [-0.25, -0.2) is 4.98 Å². The Labute approximate surface area is 192 Å². The van der Waals surface area contributed by atoms with Crippen LogP contribution in [0.4, 0.5) is 5.69 Å². The predicted molar refractivity (Wildman–Crippen MR) is 127 cm³/mol. The number of ether oxygens (including phenoxy) is 2. The van der Waals surface area contributed by atoms with Gasteiger partial charge in [0.05, 0.1) is 30.7 Å². The number of carbonyl (C=O) groups excluding carboxylic acids is 2. The van der Waals surface area contributed by atoms with E-state index in [1.165, 1.54) is 11.8 Å². The van der Waals surface area contributed by atoms with E-state index in [1.807, 2.05) is 39.0 Å². The molecule has 0 spiro atoms. The van der Waals surface area contributed by atoms with Crippen molar-refractivity contribution in [3.63, 3.8) is 0 Å². The van der Waals surface area contributed by atoms with Crippen LogP contribution < -0.4 is 14.8 Å². The minimum absolute atomic E-state index is 0.0462. The van der Waals surface area contributed by atoms with Gasteiger partial charge in [0.15, 0.2) is 5.78 Å². The first-order chi connectivity index (χ1) is 15.4. The van der Waals surface area contributed by atoms with E-state index >= 15 is 0 Å². The number of thioether (sulfide) groups is 1. The number of pyridine rings is 1. The molecule has 0 atom stereocenters. The zero-order chi connectivity index (χ0) is 23.1. The summed E-state index contributed by atoms with van der Waals surface area (Å²) in [6.07, 6.45) is 0. The lowest BCUT2D eigenvalue weighted by atomic mass is 10.1. The highest BCUT2D eigenvalue weighted by atomic mass is 32.2. The van der Waals surface area contributed by atoms with Crippen LogP contribution in [-0.4, -0.2) is 36.1 Å². The molecule has 0 aliphatic rings. The molecule has 6 nitrogen and oxygen atoms in total. The molecule has 0 unspecified atom stereocenters. The van der Waals surface area contributed by atoms with Crippen LogP contribution in [0.1, 0.15) is 38.9 Å². The summed E-state index contributed by atoms with van der Waals surface area (Å²) >= 11 is 1.26. The minimum Gasteiger partial charge on any atom is -0.495 e. The third-order valence-electron chi connectivity index (χ3n) is 4.72. The Balaban J connectivity index is 1.79. The normalized spacial score (nSPS) is 10.5. The Bertz CT molecular complexity index is 1110. The number of hydrogen-bond donors (Lipinski definition) is 1. The number of nitrogens with zero attached hydrogens (tertiary/aromatic N) is 1. The molecule has 2 aromatic carbocycles. The number of Topliss-reactive ketones (excluding diaryl/α,β-unsaturated/α-hetero) is 1. The van der Waals surface area contributed by atoms with Crippen LogP contribution in [-0.2, 0) is 0 Å². The molecule has 7 heteroatoms. The molecule has 0 aliphatic heterocycles. The highest BCUT2D eigenvalue weighted by Gasteiger charge is 2.20. The smallest absolute Gasteiger partial charge is 0.258 e. The molecule has 166 valence electrons. The number of aromatic nitrogens is 1. The van der Waals surface area contributed by atoms with Crippen molar-refractivity contribution in [1.82, 2.24) is 4.98 Å². The van der Waals surface area contributed by atoms with Crippen LogP contribution >= 0.6 is 11.8 Å². The molecule has 0 fully saturated rings. The van der Waals surface area contributed by atoms with E-state index in [4.69, 9.17) is 9.47 Å². The van der Waals surface area contributed by atoms with Gasteiger partial charge in [-0.2, -0.15) is 0 Å². The molecule has 0 aliphatic carbocycles. The van der Waals surface area contributed by atoms with Crippen LogP contribution in [0.2, 0.25) is 0 Å². The van der Waals surface area contributed by atoms with E-state index in [0.717, 1.165) is 17.0 Å². The molecule has 0 saturated heterocycles. The lowest BCUT2D eigenvalue weighted by Crippen LogP contribution is -2.17. The van der Waals surface area contributed by atoms with Gasteiger partial charge < -0.3 is 14.8 Å². The second kappa shape index (κ2) is 10.8. The van der Waals surface area contributed by atoms with E-state index in [-0.39, 0.29) is 17.4 Å². The monoisotopic (exact) mass is 450 g/mol. The second-order valence-corrected chi connectivity index (χ2v) is 8.05. The zero-order valence-corrected chi connectivity index (χ0v) is 19.4. The number of benzene rings is 2. The molecule has 3 aromatic rings. The van der Waals surface area contributed by atoms with Gasteiger partial charge >= 0.3 is 0 Å². The number of hydrogen-bond acceptors (Lipinski definition) is 6. The quantitative estimate of drug-likeness (QED) is 0.351. The summed E-state index contributed by atoms with van der Waals surface area (Å²) in [5.74, 6) is 1.12. The van der Waals surface area contributed by atoms with Crippen LogP contribution in [0.5, 0.6) is 11.5 Å². The number of rotatable bonds is 9. The van der Waals surface area contributed by atoms with Gasteiger partial charge in [0, 0.05) is 11.3 Å². The van der Waals surface area contributed by atoms with Gasteiger partial charge in [0.25, 0.3) is 5.91 Å². The van der Waals surface area contributed by atoms with Crippen molar-refractivity contribution in [2.24, 2.45) is 0 Å². The maximum atomic E-state index is 13.1. The van der Waals surface area contributed by atoms with E-state index in [9.17, 15) is 9.59 Å². The van der Waals surface area contributed by atoms with E-state index < -0.39 is 0 Å². The number of anilines is 1. The van der Waals surface area contributed by atoms with Gasteiger partial charge in [-0.05, 0) is 68.8 Å². The van der Waals surface area contributed by atoms with E-state index in [0.29, 0.717) is 34.2 Å². The first-order valence-electron chi connectivity index (χ1n) is 10.2. The minimum atomic E-state index is -0.296. The Morgan fingerprint density at radius 2 is 1.78 bits per heavy atom. The molecule has 1 aromatic heterocycles. The Morgan fingerprint density at radius 1 is 1.06 bits per heavy atom. The summed E-state index contributed by atoms with van der Waals surface area (Å²) < 4.78 is 10.7. The zero-order valence-electron chi connectivity index (χ0n) is 18.6. The number of para-hydroxylation sites is 2. The lowest BCUT2D eigenvalue weighted by Gasteiger charge is -2.14. The SMILES string of the molecule is CCOc1ccc(C(=O)CSc2nc(C)cc(C)c2C(=O)Nc2ccccc2OC)cc1. The van der Waals surface area contributed by atoms with Gasteiger partial charge in [0.2, 0.25) is 0 Å². The third kappa shape index (κ3) is 5.68. The van der Waals surface area contributed by atoms with Crippen molar-refractivity contribution in [3.05, 3.63) is 77.0 Å².